The lowest BCUT2D eigenvalue weighted by molar-refractivity contribution is 0.587. The molecule has 0 fully saturated rings. The van der Waals surface area contributed by atoms with Crippen molar-refractivity contribution < 1.29 is 0 Å². The van der Waals surface area contributed by atoms with Crippen LogP contribution in [0.15, 0.2) is 12.3 Å². The monoisotopic (exact) mass is 261 g/mol. The van der Waals surface area contributed by atoms with Gasteiger partial charge in [0.05, 0.1) is 17.9 Å². The van der Waals surface area contributed by atoms with Crippen LogP contribution in [0.4, 0.5) is 0 Å². The van der Waals surface area contributed by atoms with Gasteiger partial charge >= 0.3 is 0 Å². The van der Waals surface area contributed by atoms with E-state index in [1.54, 1.807) is 0 Å². The minimum Gasteiger partial charge on any atom is -0.310 e. The number of nitrogens with zero attached hydrogens (tertiary/aromatic N) is 4. The lowest BCUT2D eigenvalue weighted by Crippen LogP contribution is -2.19. The molecule has 1 atom stereocenters. The Bertz CT molecular complexity index is 552. The topological polar surface area (TPSA) is 47.7 Å². The quantitative estimate of drug-likeness (QED) is 0.895. The Kier molecular flexibility index (Phi) is 4.04. The zero-order valence-electron chi connectivity index (χ0n) is 12.4. The minimum absolute atomic E-state index is 0.336. The van der Waals surface area contributed by atoms with Gasteiger partial charge in [0.25, 0.3) is 0 Å². The summed E-state index contributed by atoms with van der Waals surface area (Å²) in [6.45, 7) is 10.2. The maximum absolute atomic E-state index is 4.65. The minimum atomic E-state index is 0.336. The van der Waals surface area contributed by atoms with Crippen LogP contribution in [0, 0.1) is 13.8 Å². The molecular formula is C14H23N5. The highest BCUT2D eigenvalue weighted by Gasteiger charge is 2.17. The Morgan fingerprint density at radius 3 is 2.63 bits per heavy atom. The predicted molar refractivity (Wildman–Crippen MR) is 76.1 cm³/mol. The van der Waals surface area contributed by atoms with E-state index >= 15 is 0 Å². The average Bonchev–Trinajstić information content (AvgIpc) is 2.85. The highest BCUT2D eigenvalue weighted by Crippen LogP contribution is 2.21. The Hall–Kier alpha value is -1.62. The van der Waals surface area contributed by atoms with Crippen LogP contribution in [0.2, 0.25) is 0 Å². The molecule has 0 amide bonds. The highest BCUT2D eigenvalue weighted by atomic mass is 15.3. The van der Waals surface area contributed by atoms with Crippen LogP contribution < -0.4 is 5.32 Å². The van der Waals surface area contributed by atoms with Crippen molar-refractivity contribution >= 4 is 0 Å². The molecule has 0 saturated heterocycles. The zero-order chi connectivity index (χ0) is 14.0. The van der Waals surface area contributed by atoms with E-state index in [0.29, 0.717) is 6.04 Å². The molecule has 2 aromatic rings. The highest BCUT2D eigenvalue weighted by molar-refractivity contribution is 5.28. The molecule has 0 saturated carbocycles. The molecule has 5 heteroatoms. The average molecular weight is 261 g/mol. The van der Waals surface area contributed by atoms with E-state index < -0.39 is 0 Å². The molecule has 0 aromatic carbocycles. The first-order chi connectivity index (χ1) is 9.02. The normalized spacial score (nSPS) is 12.9. The first-order valence-electron chi connectivity index (χ1n) is 6.78. The molecule has 0 spiro atoms. The fourth-order valence-corrected chi connectivity index (χ4v) is 2.60. The van der Waals surface area contributed by atoms with E-state index in [1.807, 2.05) is 28.7 Å². The van der Waals surface area contributed by atoms with E-state index in [2.05, 4.69) is 43.2 Å². The smallest absolute Gasteiger partial charge is 0.0853 e. The van der Waals surface area contributed by atoms with Crippen LogP contribution in [-0.2, 0) is 13.6 Å². The van der Waals surface area contributed by atoms with Gasteiger partial charge in [-0.05, 0) is 33.4 Å². The summed E-state index contributed by atoms with van der Waals surface area (Å²) in [5.41, 5.74) is 4.66. The molecule has 2 aromatic heterocycles. The van der Waals surface area contributed by atoms with Crippen LogP contribution in [-0.4, -0.2) is 26.1 Å². The van der Waals surface area contributed by atoms with Crippen LogP contribution in [0.3, 0.4) is 0 Å². The van der Waals surface area contributed by atoms with E-state index in [-0.39, 0.29) is 0 Å². The van der Waals surface area contributed by atoms with Crippen LogP contribution in [0.5, 0.6) is 0 Å². The second-order valence-electron chi connectivity index (χ2n) is 5.00. The molecule has 2 rings (SSSR count). The van der Waals surface area contributed by atoms with Gasteiger partial charge in [0, 0.05) is 30.5 Å². The fraction of sp³-hybridized carbons (Fsp3) is 0.571. The van der Waals surface area contributed by atoms with Crippen LogP contribution in [0.1, 0.15) is 42.5 Å². The van der Waals surface area contributed by atoms with Crippen molar-refractivity contribution in [2.24, 2.45) is 7.05 Å². The molecule has 5 nitrogen and oxygen atoms in total. The zero-order valence-corrected chi connectivity index (χ0v) is 12.4. The van der Waals surface area contributed by atoms with E-state index in [0.717, 1.165) is 24.5 Å². The number of nitrogens with one attached hydrogen (secondary N) is 1. The third-order valence-corrected chi connectivity index (χ3v) is 3.46. The van der Waals surface area contributed by atoms with Gasteiger partial charge in [0.2, 0.25) is 0 Å². The van der Waals surface area contributed by atoms with Crippen molar-refractivity contribution in [1.29, 1.82) is 0 Å². The molecule has 0 aliphatic carbocycles. The standard InChI is InChI=1S/C14H23N5/c1-6-15-10(2)14-11(3)16-19(12(14)4)9-13-7-8-18(5)17-13/h7-8,10,15H,6,9H2,1-5H3. The summed E-state index contributed by atoms with van der Waals surface area (Å²) in [6.07, 6.45) is 1.96. The van der Waals surface area contributed by atoms with Crippen LogP contribution >= 0.6 is 0 Å². The summed E-state index contributed by atoms with van der Waals surface area (Å²) < 4.78 is 3.87. The number of aromatic nitrogens is 4. The molecule has 2 heterocycles. The number of hydrogen-bond donors (Lipinski definition) is 1. The molecular weight excluding hydrogens is 238 g/mol. The summed E-state index contributed by atoms with van der Waals surface area (Å²) in [5, 5.41) is 12.5. The first kappa shape index (κ1) is 13.8. The second kappa shape index (κ2) is 5.57. The lowest BCUT2D eigenvalue weighted by Gasteiger charge is -2.13. The molecule has 0 aliphatic heterocycles. The third-order valence-electron chi connectivity index (χ3n) is 3.46. The number of rotatable bonds is 5. The van der Waals surface area contributed by atoms with Gasteiger partial charge in [-0.25, -0.2) is 0 Å². The molecule has 19 heavy (non-hydrogen) atoms. The van der Waals surface area contributed by atoms with Gasteiger partial charge in [-0.2, -0.15) is 10.2 Å². The summed E-state index contributed by atoms with van der Waals surface area (Å²) in [6, 6.07) is 2.37. The molecule has 104 valence electrons. The molecule has 0 radical (unpaired) electrons. The van der Waals surface area contributed by atoms with Crippen molar-refractivity contribution in [2.45, 2.75) is 40.3 Å². The second-order valence-corrected chi connectivity index (χ2v) is 5.00. The summed E-state index contributed by atoms with van der Waals surface area (Å²) in [7, 11) is 1.93. The predicted octanol–water partition coefficient (Wildman–Crippen LogP) is 1.95. The molecule has 1 unspecified atom stereocenters. The van der Waals surface area contributed by atoms with Crippen molar-refractivity contribution in [3.8, 4) is 0 Å². The number of aryl methyl sites for hydroxylation is 2. The Labute approximate surface area is 114 Å². The van der Waals surface area contributed by atoms with Crippen molar-refractivity contribution in [3.05, 3.63) is 34.9 Å². The van der Waals surface area contributed by atoms with Crippen molar-refractivity contribution in [1.82, 2.24) is 24.9 Å². The molecule has 0 aliphatic rings. The maximum atomic E-state index is 4.65. The van der Waals surface area contributed by atoms with Crippen molar-refractivity contribution in [2.75, 3.05) is 6.54 Å². The summed E-state index contributed by atoms with van der Waals surface area (Å²) in [4.78, 5) is 0. The van der Waals surface area contributed by atoms with E-state index in [4.69, 9.17) is 0 Å². The number of hydrogen-bond acceptors (Lipinski definition) is 3. The van der Waals surface area contributed by atoms with Gasteiger partial charge in [-0.1, -0.05) is 6.92 Å². The van der Waals surface area contributed by atoms with E-state index in [1.165, 1.54) is 11.3 Å². The van der Waals surface area contributed by atoms with Crippen molar-refractivity contribution in [3.63, 3.8) is 0 Å². The van der Waals surface area contributed by atoms with Gasteiger partial charge in [-0.3, -0.25) is 9.36 Å². The SMILES string of the molecule is CCNC(C)c1c(C)nn(Cc2ccn(C)n2)c1C. The maximum Gasteiger partial charge on any atom is 0.0853 e. The summed E-state index contributed by atoms with van der Waals surface area (Å²) in [5.74, 6) is 0. The Balaban J connectivity index is 2.25. The Morgan fingerprint density at radius 1 is 1.32 bits per heavy atom. The fourth-order valence-electron chi connectivity index (χ4n) is 2.60. The lowest BCUT2D eigenvalue weighted by atomic mass is 10.1. The third kappa shape index (κ3) is 2.87. The molecule has 1 N–H and O–H groups in total. The largest absolute Gasteiger partial charge is 0.310 e. The van der Waals surface area contributed by atoms with E-state index in [9.17, 15) is 0 Å². The van der Waals surface area contributed by atoms with Gasteiger partial charge < -0.3 is 5.32 Å². The van der Waals surface area contributed by atoms with Crippen LogP contribution in [0.25, 0.3) is 0 Å². The summed E-state index contributed by atoms with van der Waals surface area (Å²) >= 11 is 0. The van der Waals surface area contributed by atoms with Gasteiger partial charge in [0.1, 0.15) is 0 Å². The molecule has 0 bridgehead atoms. The van der Waals surface area contributed by atoms with Gasteiger partial charge in [0.15, 0.2) is 0 Å². The Morgan fingerprint density at radius 2 is 2.05 bits per heavy atom. The van der Waals surface area contributed by atoms with Gasteiger partial charge in [-0.15, -0.1) is 0 Å². The first-order valence-corrected chi connectivity index (χ1v) is 6.78.